The maximum atomic E-state index is 12.5. The van der Waals surface area contributed by atoms with E-state index in [4.69, 9.17) is 9.15 Å². The van der Waals surface area contributed by atoms with E-state index in [2.05, 4.69) is 6.92 Å². The molecule has 4 rings (SSSR count). The number of nitro groups is 1. The standard InChI is InChI=1S/C24H28N4O7/c1-17-4-2-8-27(15-17)19-7-6-18(14-20(19)28(32)33)24(31)35-16-22(29)25-9-11-26(12-10-25)23(30)21-5-3-13-34-21/h3,5-7,13-14,17H,2,4,8-12,15-16H2,1H3/t17-/m1/s1. The highest BCUT2D eigenvalue weighted by Crippen LogP contribution is 2.32. The average molecular weight is 485 g/mol. The molecule has 2 amide bonds. The third-order valence-electron chi connectivity index (χ3n) is 6.38. The second-order valence-electron chi connectivity index (χ2n) is 8.88. The van der Waals surface area contributed by atoms with E-state index in [0.29, 0.717) is 37.8 Å². The number of furan rings is 1. The monoisotopic (exact) mass is 484 g/mol. The van der Waals surface area contributed by atoms with E-state index < -0.39 is 23.4 Å². The molecule has 0 N–H and O–H groups in total. The van der Waals surface area contributed by atoms with Gasteiger partial charge in [0.2, 0.25) is 0 Å². The molecule has 0 saturated carbocycles. The zero-order chi connectivity index (χ0) is 24.9. The molecule has 0 aliphatic carbocycles. The Labute approximate surface area is 202 Å². The molecule has 1 aromatic heterocycles. The fraction of sp³-hybridized carbons (Fsp3) is 0.458. The van der Waals surface area contributed by atoms with Gasteiger partial charge in [0.25, 0.3) is 17.5 Å². The number of carbonyl (C=O) groups excluding carboxylic acids is 3. The molecule has 2 fully saturated rings. The minimum absolute atomic E-state index is 0.0205. The summed E-state index contributed by atoms with van der Waals surface area (Å²) in [6.45, 7) is 4.35. The van der Waals surface area contributed by atoms with E-state index in [-0.39, 0.29) is 22.9 Å². The van der Waals surface area contributed by atoms with Crippen molar-refractivity contribution in [2.24, 2.45) is 5.92 Å². The summed E-state index contributed by atoms with van der Waals surface area (Å²) in [4.78, 5) is 53.6. The highest BCUT2D eigenvalue weighted by Gasteiger charge is 2.28. The van der Waals surface area contributed by atoms with E-state index in [1.165, 1.54) is 23.3 Å². The number of carbonyl (C=O) groups is 3. The lowest BCUT2D eigenvalue weighted by molar-refractivity contribution is -0.384. The Kier molecular flexibility index (Phi) is 7.33. The first-order valence-corrected chi connectivity index (χ1v) is 11.6. The molecule has 0 spiro atoms. The number of hydrogen-bond acceptors (Lipinski definition) is 8. The van der Waals surface area contributed by atoms with Crippen molar-refractivity contribution in [2.45, 2.75) is 19.8 Å². The van der Waals surface area contributed by atoms with Crippen molar-refractivity contribution in [3.8, 4) is 0 Å². The van der Waals surface area contributed by atoms with Gasteiger partial charge in [0, 0.05) is 45.3 Å². The van der Waals surface area contributed by atoms with Gasteiger partial charge < -0.3 is 23.9 Å². The molecule has 0 bridgehead atoms. The van der Waals surface area contributed by atoms with Crippen molar-refractivity contribution < 1.29 is 28.5 Å². The van der Waals surface area contributed by atoms with E-state index in [9.17, 15) is 24.5 Å². The third kappa shape index (κ3) is 5.61. The number of anilines is 1. The molecule has 2 aliphatic rings. The largest absolute Gasteiger partial charge is 0.459 e. The van der Waals surface area contributed by atoms with Crippen LogP contribution in [0.15, 0.2) is 41.0 Å². The quantitative estimate of drug-likeness (QED) is 0.348. The van der Waals surface area contributed by atoms with Crippen LogP contribution < -0.4 is 4.90 Å². The van der Waals surface area contributed by atoms with Gasteiger partial charge in [0.1, 0.15) is 5.69 Å². The maximum Gasteiger partial charge on any atom is 0.338 e. The first-order chi connectivity index (χ1) is 16.8. The summed E-state index contributed by atoms with van der Waals surface area (Å²) in [5.74, 6) is -0.751. The Balaban J connectivity index is 1.32. The summed E-state index contributed by atoms with van der Waals surface area (Å²) in [7, 11) is 0. The maximum absolute atomic E-state index is 12.5. The molecule has 2 saturated heterocycles. The van der Waals surface area contributed by atoms with Crippen LogP contribution in [0.4, 0.5) is 11.4 Å². The predicted octanol–water partition coefficient (Wildman–Crippen LogP) is 2.57. The molecule has 3 heterocycles. The van der Waals surface area contributed by atoms with Gasteiger partial charge in [-0.3, -0.25) is 19.7 Å². The van der Waals surface area contributed by atoms with Gasteiger partial charge in [0.05, 0.1) is 16.7 Å². The number of benzene rings is 1. The first-order valence-electron chi connectivity index (χ1n) is 11.6. The minimum atomic E-state index is -0.799. The number of rotatable bonds is 6. The molecule has 11 heteroatoms. The van der Waals surface area contributed by atoms with Crippen LogP contribution in [0.25, 0.3) is 0 Å². The third-order valence-corrected chi connectivity index (χ3v) is 6.38. The van der Waals surface area contributed by atoms with Gasteiger partial charge in [0.15, 0.2) is 12.4 Å². The summed E-state index contributed by atoms with van der Waals surface area (Å²) in [6, 6.07) is 7.50. The summed E-state index contributed by atoms with van der Waals surface area (Å²) in [5, 5.41) is 11.7. The van der Waals surface area contributed by atoms with Crippen LogP contribution in [0.1, 0.15) is 40.7 Å². The van der Waals surface area contributed by atoms with Gasteiger partial charge in [-0.05, 0) is 43.0 Å². The van der Waals surface area contributed by atoms with E-state index in [1.807, 2.05) is 4.90 Å². The molecule has 1 aromatic carbocycles. The van der Waals surface area contributed by atoms with Crippen molar-refractivity contribution in [1.82, 2.24) is 9.80 Å². The Morgan fingerprint density at radius 1 is 1.11 bits per heavy atom. The zero-order valence-corrected chi connectivity index (χ0v) is 19.6. The Hall–Kier alpha value is -3.89. The lowest BCUT2D eigenvalue weighted by atomic mass is 9.99. The van der Waals surface area contributed by atoms with Crippen LogP contribution in [0, 0.1) is 16.0 Å². The number of amides is 2. The molecule has 35 heavy (non-hydrogen) atoms. The van der Waals surface area contributed by atoms with Crippen LogP contribution >= 0.6 is 0 Å². The second-order valence-corrected chi connectivity index (χ2v) is 8.88. The predicted molar refractivity (Wildman–Crippen MR) is 125 cm³/mol. The molecular weight excluding hydrogens is 456 g/mol. The van der Waals surface area contributed by atoms with Gasteiger partial charge in [-0.1, -0.05) is 6.92 Å². The molecule has 2 aliphatic heterocycles. The lowest BCUT2D eigenvalue weighted by Crippen LogP contribution is -2.51. The fourth-order valence-corrected chi connectivity index (χ4v) is 4.49. The van der Waals surface area contributed by atoms with Gasteiger partial charge in [-0.25, -0.2) is 4.79 Å². The SMILES string of the molecule is C[C@@H]1CCCN(c2ccc(C(=O)OCC(=O)N3CCN(C(=O)c4ccco4)CC3)cc2[N+](=O)[O-])C1. The van der Waals surface area contributed by atoms with E-state index in [1.54, 1.807) is 23.1 Å². The number of hydrogen-bond donors (Lipinski definition) is 0. The number of piperidine rings is 1. The Morgan fingerprint density at radius 3 is 2.51 bits per heavy atom. The molecule has 1 atom stereocenters. The number of esters is 1. The molecule has 0 radical (unpaired) electrons. The molecule has 0 unspecified atom stereocenters. The Bertz CT molecular complexity index is 1090. The van der Waals surface area contributed by atoms with Crippen LogP contribution in [0.3, 0.4) is 0 Å². The second kappa shape index (κ2) is 10.6. The van der Waals surface area contributed by atoms with Crippen LogP contribution in [-0.4, -0.2) is 78.4 Å². The number of ether oxygens (including phenoxy) is 1. The fourth-order valence-electron chi connectivity index (χ4n) is 4.49. The minimum Gasteiger partial charge on any atom is -0.459 e. The smallest absolute Gasteiger partial charge is 0.338 e. The lowest BCUT2D eigenvalue weighted by Gasteiger charge is -2.34. The van der Waals surface area contributed by atoms with Crippen LogP contribution in [0.2, 0.25) is 0 Å². The summed E-state index contributed by atoms with van der Waals surface area (Å²) < 4.78 is 10.3. The summed E-state index contributed by atoms with van der Waals surface area (Å²) in [5.41, 5.74) is 0.348. The van der Waals surface area contributed by atoms with Crippen molar-refractivity contribution in [3.63, 3.8) is 0 Å². The van der Waals surface area contributed by atoms with Crippen molar-refractivity contribution >= 4 is 29.2 Å². The Morgan fingerprint density at radius 2 is 1.86 bits per heavy atom. The van der Waals surface area contributed by atoms with E-state index in [0.717, 1.165) is 25.9 Å². The number of nitrogens with zero attached hydrogens (tertiary/aromatic N) is 4. The van der Waals surface area contributed by atoms with Crippen molar-refractivity contribution in [2.75, 3.05) is 50.8 Å². The van der Waals surface area contributed by atoms with Crippen LogP contribution in [-0.2, 0) is 9.53 Å². The van der Waals surface area contributed by atoms with E-state index >= 15 is 0 Å². The molecule has 186 valence electrons. The topological polar surface area (TPSA) is 126 Å². The van der Waals surface area contributed by atoms with Crippen molar-refractivity contribution in [3.05, 3.63) is 58.0 Å². The zero-order valence-electron chi connectivity index (χ0n) is 19.6. The highest BCUT2D eigenvalue weighted by atomic mass is 16.6. The molecule has 2 aromatic rings. The average Bonchev–Trinajstić information content (AvgIpc) is 3.41. The highest BCUT2D eigenvalue weighted by molar-refractivity contribution is 5.93. The van der Waals surface area contributed by atoms with Gasteiger partial charge in [-0.15, -0.1) is 0 Å². The summed E-state index contributed by atoms with van der Waals surface area (Å²) >= 11 is 0. The van der Waals surface area contributed by atoms with Gasteiger partial charge in [-0.2, -0.15) is 0 Å². The molecular formula is C24H28N4O7. The van der Waals surface area contributed by atoms with Crippen molar-refractivity contribution in [1.29, 1.82) is 0 Å². The normalized spacial score (nSPS) is 18.3. The van der Waals surface area contributed by atoms with Gasteiger partial charge >= 0.3 is 5.97 Å². The number of piperazine rings is 1. The summed E-state index contributed by atoms with van der Waals surface area (Å²) in [6.07, 6.45) is 3.46. The van der Waals surface area contributed by atoms with Crippen LogP contribution in [0.5, 0.6) is 0 Å². The first kappa shape index (κ1) is 24.2. The molecule has 11 nitrogen and oxygen atoms in total. The number of nitro benzene ring substituents is 1.